The average molecular weight is 266 g/mol. The van der Waals surface area contributed by atoms with Crippen LogP contribution < -0.4 is 10.4 Å². The van der Waals surface area contributed by atoms with Crippen LogP contribution in [0.5, 0.6) is 0 Å². The molecule has 0 radical (unpaired) electrons. The van der Waals surface area contributed by atoms with Gasteiger partial charge in [0.2, 0.25) is 11.0 Å². The molecule has 6 nitrogen and oxygen atoms in total. The highest BCUT2D eigenvalue weighted by atomic mass is 32.1. The van der Waals surface area contributed by atoms with Crippen LogP contribution in [0.2, 0.25) is 0 Å². The van der Waals surface area contributed by atoms with E-state index in [4.69, 9.17) is 0 Å². The molecule has 2 aliphatic rings. The summed E-state index contributed by atoms with van der Waals surface area (Å²) < 4.78 is 0. The number of carbonyl (C=O) groups excluding carboxylic acids is 2. The largest absolute Gasteiger partial charge is 0.550 e. The van der Waals surface area contributed by atoms with Gasteiger partial charge in [-0.15, -0.1) is 10.2 Å². The van der Waals surface area contributed by atoms with Crippen molar-refractivity contribution in [1.29, 1.82) is 0 Å². The first-order chi connectivity index (χ1) is 8.65. The lowest BCUT2D eigenvalue weighted by Gasteiger charge is -2.35. The Balaban J connectivity index is 1.61. The molecule has 1 amide bonds. The fourth-order valence-corrected chi connectivity index (χ4v) is 2.99. The number of aromatic nitrogens is 2. The molecule has 0 bridgehead atoms. The number of amides is 1. The van der Waals surface area contributed by atoms with Gasteiger partial charge in [0, 0.05) is 23.7 Å². The molecule has 0 spiro atoms. The van der Waals surface area contributed by atoms with Crippen LogP contribution in [0, 0.1) is 11.8 Å². The van der Waals surface area contributed by atoms with Gasteiger partial charge in [0.05, 0.1) is 0 Å². The number of hydrogen-bond acceptors (Lipinski definition) is 6. The van der Waals surface area contributed by atoms with E-state index in [9.17, 15) is 14.7 Å². The second kappa shape index (κ2) is 4.31. The lowest BCUT2D eigenvalue weighted by atomic mass is 9.73. The Labute approximate surface area is 107 Å². The summed E-state index contributed by atoms with van der Waals surface area (Å²) in [5.41, 5.74) is 0. The van der Waals surface area contributed by atoms with Gasteiger partial charge >= 0.3 is 0 Å². The predicted molar refractivity (Wildman–Crippen MR) is 61.7 cm³/mol. The Bertz CT molecular complexity index is 497. The molecule has 0 aliphatic heterocycles. The highest BCUT2D eigenvalue weighted by Crippen LogP contribution is 2.42. The molecule has 18 heavy (non-hydrogen) atoms. The normalized spacial score (nSPS) is 26.4. The summed E-state index contributed by atoms with van der Waals surface area (Å²) in [6, 6.07) is 0. The number of carbonyl (C=O) groups is 2. The first-order valence-electron chi connectivity index (χ1n) is 6.00. The Morgan fingerprint density at radius 2 is 1.89 bits per heavy atom. The SMILES string of the molecule is O=C(Nc1nnc(C2CC2)s1)[C@H]1CC[C@H]1C(=O)[O-]. The standard InChI is InChI=1S/C11H13N3O3S/c15-8(6-3-4-7(6)10(16)17)12-11-14-13-9(18-11)5-1-2-5/h5-7H,1-4H2,(H,16,17)(H,12,14,15)/p-1/t6-,7+/m0/s1. The van der Waals surface area contributed by atoms with E-state index in [-0.39, 0.29) is 5.91 Å². The zero-order valence-electron chi connectivity index (χ0n) is 9.59. The second-order valence-electron chi connectivity index (χ2n) is 4.82. The number of nitrogens with one attached hydrogen (secondary N) is 1. The number of rotatable bonds is 4. The zero-order valence-corrected chi connectivity index (χ0v) is 10.4. The van der Waals surface area contributed by atoms with Crippen LogP contribution in [0.15, 0.2) is 0 Å². The number of carboxylic acids is 1. The monoisotopic (exact) mass is 266 g/mol. The highest BCUT2D eigenvalue weighted by Gasteiger charge is 2.38. The molecule has 2 atom stereocenters. The van der Waals surface area contributed by atoms with Crippen molar-refractivity contribution in [2.75, 3.05) is 5.32 Å². The molecular formula is C11H12N3O3S-. The number of aliphatic carboxylic acids is 1. The molecule has 1 aromatic rings. The first kappa shape index (κ1) is 11.6. The molecule has 2 saturated carbocycles. The molecule has 2 aliphatic carbocycles. The molecule has 0 aromatic carbocycles. The molecule has 2 fully saturated rings. The summed E-state index contributed by atoms with van der Waals surface area (Å²) in [4.78, 5) is 22.6. The van der Waals surface area contributed by atoms with E-state index in [1.807, 2.05) is 0 Å². The molecule has 0 saturated heterocycles. The zero-order chi connectivity index (χ0) is 12.7. The Hall–Kier alpha value is -1.50. The molecular weight excluding hydrogens is 254 g/mol. The summed E-state index contributed by atoms with van der Waals surface area (Å²) >= 11 is 1.38. The van der Waals surface area contributed by atoms with Crippen molar-refractivity contribution < 1.29 is 14.7 Å². The highest BCUT2D eigenvalue weighted by molar-refractivity contribution is 7.15. The fraction of sp³-hybridized carbons (Fsp3) is 0.636. The van der Waals surface area contributed by atoms with Gasteiger partial charge in [-0.05, 0) is 25.7 Å². The van der Waals surface area contributed by atoms with Gasteiger partial charge in [0.25, 0.3) is 0 Å². The molecule has 1 N–H and O–H groups in total. The topological polar surface area (TPSA) is 95.0 Å². The lowest BCUT2D eigenvalue weighted by molar-refractivity contribution is -0.316. The van der Waals surface area contributed by atoms with Gasteiger partial charge in [-0.3, -0.25) is 4.79 Å². The number of carboxylic acid groups (broad SMARTS) is 1. The van der Waals surface area contributed by atoms with E-state index in [1.54, 1.807) is 0 Å². The van der Waals surface area contributed by atoms with E-state index in [0.717, 1.165) is 17.8 Å². The van der Waals surface area contributed by atoms with Crippen LogP contribution in [-0.2, 0) is 9.59 Å². The molecule has 1 aromatic heterocycles. The number of anilines is 1. The van der Waals surface area contributed by atoms with Gasteiger partial charge in [0.1, 0.15) is 5.01 Å². The van der Waals surface area contributed by atoms with E-state index in [2.05, 4.69) is 15.5 Å². The van der Waals surface area contributed by atoms with Crippen molar-refractivity contribution in [3.63, 3.8) is 0 Å². The van der Waals surface area contributed by atoms with Crippen LogP contribution in [0.25, 0.3) is 0 Å². The van der Waals surface area contributed by atoms with Crippen molar-refractivity contribution in [2.24, 2.45) is 11.8 Å². The van der Waals surface area contributed by atoms with Crippen LogP contribution in [0.1, 0.15) is 36.6 Å². The van der Waals surface area contributed by atoms with Crippen molar-refractivity contribution in [3.05, 3.63) is 5.01 Å². The maximum atomic E-state index is 11.8. The molecule has 1 heterocycles. The molecule has 7 heteroatoms. The van der Waals surface area contributed by atoms with Crippen LogP contribution in [0.4, 0.5) is 5.13 Å². The van der Waals surface area contributed by atoms with Gasteiger partial charge in [-0.1, -0.05) is 11.3 Å². The lowest BCUT2D eigenvalue weighted by Crippen LogP contribution is -2.46. The smallest absolute Gasteiger partial charge is 0.229 e. The Morgan fingerprint density at radius 3 is 2.44 bits per heavy atom. The van der Waals surface area contributed by atoms with Crippen molar-refractivity contribution >= 4 is 28.3 Å². The minimum absolute atomic E-state index is 0.283. The van der Waals surface area contributed by atoms with E-state index in [0.29, 0.717) is 23.9 Å². The van der Waals surface area contributed by atoms with Gasteiger partial charge in [-0.25, -0.2) is 0 Å². The van der Waals surface area contributed by atoms with Crippen molar-refractivity contribution in [2.45, 2.75) is 31.6 Å². The van der Waals surface area contributed by atoms with Gasteiger partial charge in [0.15, 0.2) is 0 Å². The van der Waals surface area contributed by atoms with Crippen LogP contribution in [-0.4, -0.2) is 22.1 Å². The summed E-state index contributed by atoms with van der Waals surface area (Å²) in [6.07, 6.45) is 3.39. The fourth-order valence-electron chi connectivity index (χ4n) is 2.07. The van der Waals surface area contributed by atoms with Crippen LogP contribution in [0.3, 0.4) is 0 Å². The summed E-state index contributed by atoms with van der Waals surface area (Å²) in [7, 11) is 0. The third-order valence-corrected chi connectivity index (χ3v) is 4.51. The van der Waals surface area contributed by atoms with Crippen LogP contribution >= 0.6 is 11.3 Å². The number of hydrogen-bond donors (Lipinski definition) is 1. The summed E-state index contributed by atoms with van der Waals surface area (Å²) in [5.74, 6) is -2.05. The third-order valence-electron chi connectivity index (χ3n) is 3.51. The molecule has 3 rings (SSSR count). The van der Waals surface area contributed by atoms with E-state index >= 15 is 0 Å². The van der Waals surface area contributed by atoms with Gasteiger partial charge < -0.3 is 15.2 Å². The molecule has 96 valence electrons. The number of nitrogens with zero attached hydrogens (tertiary/aromatic N) is 2. The third kappa shape index (κ3) is 2.10. The van der Waals surface area contributed by atoms with Gasteiger partial charge in [-0.2, -0.15) is 0 Å². The van der Waals surface area contributed by atoms with E-state index < -0.39 is 17.8 Å². The maximum Gasteiger partial charge on any atom is 0.229 e. The van der Waals surface area contributed by atoms with Crippen molar-refractivity contribution in [3.8, 4) is 0 Å². The quantitative estimate of drug-likeness (QED) is 0.835. The Kier molecular flexibility index (Phi) is 2.77. The minimum atomic E-state index is -1.14. The van der Waals surface area contributed by atoms with E-state index in [1.165, 1.54) is 11.3 Å². The summed E-state index contributed by atoms with van der Waals surface area (Å²) in [5, 5.41) is 22.7. The molecule has 0 unspecified atom stereocenters. The minimum Gasteiger partial charge on any atom is -0.550 e. The first-order valence-corrected chi connectivity index (χ1v) is 6.82. The van der Waals surface area contributed by atoms with Crippen molar-refractivity contribution in [1.82, 2.24) is 10.2 Å². The second-order valence-corrected chi connectivity index (χ2v) is 5.83. The average Bonchev–Trinajstić information content (AvgIpc) is 2.98. The maximum absolute atomic E-state index is 11.8. The Morgan fingerprint density at radius 1 is 1.17 bits per heavy atom. The summed E-state index contributed by atoms with van der Waals surface area (Å²) in [6.45, 7) is 0. The predicted octanol–water partition coefficient (Wildman–Crippen LogP) is 0.130.